The molecule has 1 aliphatic heterocycles. The van der Waals surface area contributed by atoms with Crippen LogP contribution in [0.5, 0.6) is 0 Å². The van der Waals surface area contributed by atoms with Gasteiger partial charge in [0.05, 0.1) is 19.3 Å². The van der Waals surface area contributed by atoms with E-state index < -0.39 is 0 Å². The summed E-state index contributed by atoms with van der Waals surface area (Å²) in [4.78, 5) is 2.25. The van der Waals surface area contributed by atoms with Crippen LogP contribution in [0.3, 0.4) is 0 Å². The average molecular weight is 264 g/mol. The molecule has 0 spiro atoms. The zero-order chi connectivity index (χ0) is 13.7. The van der Waals surface area contributed by atoms with Crippen molar-refractivity contribution in [3.8, 4) is 0 Å². The number of β-amino-alcohol motifs (C(OH)–C–C–N with tert-alkyl or cyclic N) is 1. The van der Waals surface area contributed by atoms with Crippen molar-refractivity contribution >= 4 is 5.69 Å². The van der Waals surface area contributed by atoms with Gasteiger partial charge in [0, 0.05) is 31.9 Å². The number of hydrogen-bond donors (Lipinski definition) is 2. The van der Waals surface area contributed by atoms with Gasteiger partial charge in [-0.2, -0.15) is 0 Å². The first kappa shape index (κ1) is 14.3. The molecular formula is C15H24N2O2. The highest BCUT2D eigenvalue weighted by molar-refractivity contribution is 5.51. The molecule has 4 heteroatoms. The Labute approximate surface area is 115 Å². The van der Waals surface area contributed by atoms with Crippen molar-refractivity contribution in [3.05, 3.63) is 29.3 Å². The van der Waals surface area contributed by atoms with Crippen molar-refractivity contribution in [2.75, 3.05) is 44.7 Å². The van der Waals surface area contributed by atoms with Gasteiger partial charge >= 0.3 is 0 Å². The standard InChI is InChI=1S/C15H24N2O2/c1-12-3-4-15(13(2)9-12)16-10-14(18)11-17-5-7-19-8-6-17/h3-4,9,14,16,18H,5-8,10-11H2,1-2H3. The van der Waals surface area contributed by atoms with Crippen molar-refractivity contribution in [1.82, 2.24) is 4.90 Å². The van der Waals surface area contributed by atoms with Gasteiger partial charge in [-0.15, -0.1) is 0 Å². The number of nitrogens with zero attached hydrogens (tertiary/aromatic N) is 1. The Kier molecular flexibility index (Phi) is 5.19. The third-order valence-electron chi connectivity index (χ3n) is 3.48. The maximum absolute atomic E-state index is 10.1. The fourth-order valence-corrected chi connectivity index (χ4v) is 2.39. The van der Waals surface area contributed by atoms with Crippen LogP contribution in [0, 0.1) is 13.8 Å². The maximum atomic E-state index is 10.1. The minimum Gasteiger partial charge on any atom is -0.390 e. The van der Waals surface area contributed by atoms with Crippen molar-refractivity contribution in [2.24, 2.45) is 0 Å². The number of aliphatic hydroxyl groups is 1. The lowest BCUT2D eigenvalue weighted by Crippen LogP contribution is -2.42. The van der Waals surface area contributed by atoms with Crippen molar-refractivity contribution in [2.45, 2.75) is 20.0 Å². The Hall–Kier alpha value is -1.10. The third-order valence-corrected chi connectivity index (χ3v) is 3.48. The summed E-state index contributed by atoms with van der Waals surface area (Å²) in [6, 6.07) is 6.31. The molecule has 0 aromatic heterocycles. The number of ether oxygens (including phenoxy) is 1. The molecule has 0 aliphatic carbocycles. The predicted octanol–water partition coefficient (Wildman–Crippen LogP) is 1.41. The number of hydrogen-bond acceptors (Lipinski definition) is 4. The van der Waals surface area contributed by atoms with E-state index >= 15 is 0 Å². The van der Waals surface area contributed by atoms with Gasteiger partial charge in [-0.25, -0.2) is 0 Å². The Balaban J connectivity index is 1.77. The van der Waals surface area contributed by atoms with E-state index in [2.05, 4.69) is 42.3 Å². The summed E-state index contributed by atoms with van der Waals surface area (Å²) < 4.78 is 5.30. The highest BCUT2D eigenvalue weighted by Crippen LogP contribution is 2.15. The van der Waals surface area contributed by atoms with Crippen LogP contribution in [0.15, 0.2) is 18.2 Å². The van der Waals surface area contributed by atoms with E-state index in [1.165, 1.54) is 11.1 Å². The molecule has 1 fully saturated rings. The van der Waals surface area contributed by atoms with E-state index in [0.29, 0.717) is 13.1 Å². The number of morpholine rings is 1. The molecule has 4 nitrogen and oxygen atoms in total. The molecule has 1 saturated heterocycles. The largest absolute Gasteiger partial charge is 0.390 e. The first-order valence-corrected chi connectivity index (χ1v) is 6.94. The van der Waals surface area contributed by atoms with Gasteiger partial charge in [0.1, 0.15) is 0 Å². The molecule has 1 atom stereocenters. The summed E-state index contributed by atoms with van der Waals surface area (Å²) in [5.41, 5.74) is 3.59. The first-order valence-electron chi connectivity index (χ1n) is 6.94. The number of anilines is 1. The zero-order valence-electron chi connectivity index (χ0n) is 11.9. The minimum atomic E-state index is -0.348. The summed E-state index contributed by atoms with van der Waals surface area (Å²) in [5, 5.41) is 13.4. The van der Waals surface area contributed by atoms with Crippen LogP contribution >= 0.6 is 0 Å². The van der Waals surface area contributed by atoms with Gasteiger partial charge in [-0.05, 0) is 25.5 Å². The topological polar surface area (TPSA) is 44.7 Å². The second-order valence-electron chi connectivity index (χ2n) is 5.27. The third kappa shape index (κ3) is 4.49. The Morgan fingerprint density at radius 2 is 2.05 bits per heavy atom. The van der Waals surface area contributed by atoms with Crippen molar-refractivity contribution in [3.63, 3.8) is 0 Å². The van der Waals surface area contributed by atoms with Gasteiger partial charge in [0.15, 0.2) is 0 Å². The van der Waals surface area contributed by atoms with Gasteiger partial charge in [-0.1, -0.05) is 17.7 Å². The lowest BCUT2D eigenvalue weighted by molar-refractivity contribution is 0.0171. The fourth-order valence-electron chi connectivity index (χ4n) is 2.39. The average Bonchev–Trinajstić information content (AvgIpc) is 2.39. The van der Waals surface area contributed by atoms with Crippen LogP contribution in [0.2, 0.25) is 0 Å². The Morgan fingerprint density at radius 1 is 1.32 bits per heavy atom. The molecule has 0 bridgehead atoms. The molecule has 0 radical (unpaired) electrons. The van der Waals surface area contributed by atoms with Crippen LogP contribution in [-0.2, 0) is 4.74 Å². The second-order valence-corrected chi connectivity index (χ2v) is 5.27. The van der Waals surface area contributed by atoms with Gasteiger partial charge in [0.2, 0.25) is 0 Å². The molecule has 1 heterocycles. The van der Waals surface area contributed by atoms with E-state index in [4.69, 9.17) is 4.74 Å². The SMILES string of the molecule is Cc1ccc(NCC(O)CN2CCOCC2)c(C)c1. The van der Waals surface area contributed by atoms with Crippen LogP contribution in [0.4, 0.5) is 5.69 Å². The normalized spacial score (nSPS) is 18.3. The molecule has 1 aromatic carbocycles. The van der Waals surface area contributed by atoms with E-state index in [1.54, 1.807) is 0 Å². The summed E-state index contributed by atoms with van der Waals surface area (Å²) in [6.07, 6.45) is -0.348. The number of aliphatic hydroxyl groups excluding tert-OH is 1. The zero-order valence-corrected chi connectivity index (χ0v) is 11.9. The quantitative estimate of drug-likeness (QED) is 0.844. The molecule has 1 aromatic rings. The number of aryl methyl sites for hydroxylation is 2. The molecular weight excluding hydrogens is 240 g/mol. The summed E-state index contributed by atoms with van der Waals surface area (Å²) >= 11 is 0. The maximum Gasteiger partial charge on any atom is 0.0839 e. The minimum absolute atomic E-state index is 0.348. The lowest BCUT2D eigenvalue weighted by Gasteiger charge is -2.28. The Bertz CT molecular complexity index is 403. The van der Waals surface area contributed by atoms with Gasteiger partial charge < -0.3 is 15.2 Å². The summed E-state index contributed by atoms with van der Waals surface area (Å²) in [6.45, 7) is 8.85. The number of benzene rings is 1. The molecule has 0 saturated carbocycles. The lowest BCUT2D eigenvalue weighted by atomic mass is 10.1. The highest BCUT2D eigenvalue weighted by Gasteiger charge is 2.14. The molecule has 1 aliphatic rings. The number of rotatable bonds is 5. The van der Waals surface area contributed by atoms with E-state index in [-0.39, 0.29) is 6.10 Å². The van der Waals surface area contributed by atoms with Crippen LogP contribution in [0.1, 0.15) is 11.1 Å². The van der Waals surface area contributed by atoms with Crippen LogP contribution < -0.4 is 5.32 Å². The fraction of sp³-hybridized carbons (Fsp3) is 0.600. The number of nitrogens with one attached hydrogen (secondary N) is 1. The van der Waals surface area contributed by atoms with Crippen molar-refractivity contribution < 1.29 is 9.84 Å². The van der Waals surface area contributed by atoms with Gasteiger partial charge in [0.25, 0.3) is 0 Å². The van der Waals surface area contributed by atoms with Gasteiger partial charge in [-0.3, -0.25) is 4.90 Å². The van der Waals surface area contributed by atoms with Crippen LogP contribution in [0.25, 0.3) is 0 Å². The van der Waals surface area contributed by atoms with Crippen molar-refractivity contribution in [1.29, 1.82) is 0 Å². The highest BCUT2D eigenvalue weighted by atomic mass is 16.5. The van der Waals surface area contributed by atoms with E-state index in [0.717, 1.165) is 32.0 Å². The Morgan fingerprint density at radius 3 is 2.74 bits per heavy atom. The van der Waals surface area contributed by atoms with E-state index in [1.807, 2.05) is 0 Å². The molecule has 0 amide bonds. The monoisotopic (exact) mass is 264 g/mol. The molecule has 19 heavy (non-hydrogen) atoms. The predicted molar refractivity (Wildman–Crippen MR) is 77.7 cm³/mol. The summed E-state index contributed by atoms with van der Waals surface area (Å²) in [7, 11) is 0. The second kappa shape index (κ2) is 6.89. The summed E-state index contributed by atoms with van der Waals surface area (Å²) in [5.74, 6) is 0. The molecule has 2 N–H and O–H groups in total. The smallest absolute Gasteiger partial charge is 0.0839 e. The first-order chi connectivity index (χ1) is 9.15. The molecule has 1 unspecified atom stereocenters. The van der Waals surface area contributed by atoms with E-state index in [9.17, 15) is 5.11 Å². The molecule has 106 valence electrons. The molecule has 2 rings (SSSR count). The van der Waals surface area contributed by atoms with Crippen LogP contribution in [-0.4, -0.2) is 55.5 Å².